The fourth-order valence-electron chi connectivity index (χ4n) is 4.83. The van der Waals surface area contributed by atoms with Crippen LogP contribution in [0.3, 0.4) is 0 Å². The van der Waals surface area contributed by atoms with Crippen molar-refractivity contribution in [1.29, 1.82) is 0 Å². The summed E-state index contributed by atoms with van der Waals surface area (Å²) in [6.45, 7) is 13.5. The summed E-state index contributed by atoms with van der Waals surface area (Å²) in [6, 6.07) is 1.63. The number of hydrogen-bond donors (Lipinski definition) is 2. The molecule has 1 fully saturated rings. The zero-order valence-electron chi connectivity index (χ0n) is 26.4. The molecule has 0 spiro atoms. The molecule has 240 valence electrons. The summed E-state index contributed by atoms with van der Waals surface area (Å²) in [6.07, 6.45) is 7.78. The van der Waals surface area contributed by atoms with Gasteiger partial charge >= 0.3 is 12.2 Å². The van der Waals surface area contributed by atoms with Crippen LogP contribution in [0.25, 0.3) is 0 Å². The maximum atomic E-state index is 13.1. The van der Waals surface area contributed by atoms with Gasteiger partial charge < -0.3 is 30.3 Å². The molecule has 2 heterocycles. The molecule has 2 aromatic rings. The molecule has 3 rings (SSSR count). The average Bonchev–Trinajstić information content (AvgIpc) is 3.34. The second kappa shape index (κ2) is 15.4. The van der Waals surface area contributed by atoms with Crippen molar-refractivity contribution in [3.05, 3.63) is 23.1 Å². The van der Waals surface area contributed by atoms with E-state index >= 15 is 0 Å². The number of aryl methyl sites for hydroxylation is 1. The smallest absolute Gasteiger partial charge is 0.410 e. The monoisotopic (exact) mass is 621 g/mol. The Balaban J connectivity index is 1.56. The van der Waals surface area contributed by atoms with E-state index in [0.717, 1.165) is 25.7 Å². The molecule has 43 heavy (non-hydrogen) atoms. The third kappa shape index (κ3) is 12.4. The number of nitrogens with two attached hydrogens (primary N) is 1. The normalized spacial score (nSPS) is 14.3. The van der Waals surface area contributed by atoms with Crippen molar-refractivity contribution in [2.45, 2.75) is 117 Å². The average molecular weight is 622 g/mol. The van der Waals surface area contributed by atoms with Crippen LogP contribution in [0.5, 0.6) is 0 Å². The molecule has 2 aromatic heterocycles. The van der Waals surface area contributed by atoms with Gasteiger partial charge in [0.05, 0.1) is 12.7 Å². The first-order valence-corrected chi connectivity index (χ1v) is 15.5. The van der Waals surface area contributed by atoms with Gasteiger partial charge in [-0.25, -0.2) is 14.6 Å². The number of anilines is 2. The summed E-state index contributed by atoms with van der Waals surface area (Å²) >= 11 is 5.93. The predicted molar refractivity (Wildman–Crippen MR) is 166 cm³/mol. The highest BCUT2D eigenvalue weighted by Gasteiger charge is 2.30. The minimum absolute atomic E-state index is 0.164. The molecule has 14 heteroatoms. The Morgan fingerprint density at radius 2 is 1.65 bits per heavy atom. The molecule has 0 atom stereocenters. The van der Waals surface area contributed by atoms with Gasteiger partial charge in [0.15, 0.2) is 0 Å². The van der Waals surface area contributed by atoms with Crippen LogP contribution >= 0.6 is 11.6 Å². The third-order valence-electron chi connectivity index (χ3n) is 6.67. The minimum Gasteiger partial charge on any atom is -0.444 e. The molecule has 0 saturated heterocycles. The lowest BCUT2D eigenvalue weighted by Crippen LogP contribution is -2.46. The van der Waals surface area contributed by atoms with Gasteiger partial charge in [0.1, 0.15) is 27.9 Å². The van der Waals surface area contributed by atoms with Crippen LogP contribution in [0.15, 0.2) is 12.3 Å². The minimum atomic E-state index is -0.620. The van der Waals surface area contributed by atoms with E-state index in [9.17, 15) is 9.59 Å². The zero-order chi connectivity index (χ0) is 31.6. The van der Waals surface area contributed by atoms with Gasteiger partial charge in [-0.15, -0.1) is 5.10 Å². The van der Waals surface area contributed by atoms with Gasteiger partial charge in [0.2, 0.25) is 5.95 Å². The van der Waals surface area contributed by atoms with Gasteiger partial charge in [-0.1, -0.05) is 36.1 Å². The first kappa shape index (κ1) is 34.1. The highest BCUT2D eigenvalue weighted by atomic mass is 35.5. The van der Waals surface area contributed by atoms with E-state index in [2.05, 4.69) is 25.6 Å². The van der Waals surface area contributed by atoms with Crippen LogP contribution in [0.1, 0.15) is 92.2 Å². The zero-order valence-corrected chi connectivity index (χ0v) is 27.2. The van der Waals surface area contributed by atoms with E-state index in [0.29, 0.717) is 57.2 Å². The quantitative estimate of drug-likeness (QED) is 0.290. The standard InChI is InChI=1S/C29H48ClN9O4/c1-28(2,3)42-26(40)37(15-11-17-39(22-12-8-7-9-13-22)27(41)43-29(4,5)6)14-10-16-38-20-21(35-36-38)19-32-25-33-23(30)18-24(31)34-25/h18,20,22H,7-17,19H2,1-6H3,(H3,31,32,33,34). The maximum absolute atomic E-state index is 13.1. The first-order valence-electron chi connectivity index (χ1n) is 15.1. The van der Waals surface area contributed by atoms with Gasteiger partial charge in [0, 0.05) is 38.3 Å². The Morgan fingerprint density at radius 1 is 1.00 bits per heavy atom. The molecule has 0 bridgehead atoms. The Kier molecular flexibility index (Phi) is 12.2. The summed E-state index contributed by atoms with van der Waals surface area (Å²) in [5.74, 6) is 0.577. The number of nitrogens with one attached hydrogen (secondary N) is 1. The van der Waals surface area contributed by atoms with Crippen molar-refractivity contribution < 1.29 is 19.1 Å². The molecule has 0 radical (unpaired) electrons. The molecule has 0 aromatic carbocycles. The van der Waals surface area contributed by atoms with Gasteiger partial charge in [-0.05, 0) is 67.2 Å². The van der Waals surface area contributed by atoms with E-state index < -0.39 is 11.2 Å². The second-order valence-electron chi connectivity index (χ2n) is 12.9. The number of nitrogen functional groups attached to an aromatic ring is 1. The Labute approximate surface area is 259 Å². The summed E-state index contributed by atoms with van der Waals surface area (Å²) in [5.41, 5.74) is 5.22. The number of amides is 2. The van der Waals surface area contributed by atoms with Crippen molar-refractivity contribution in [3.8, 4) is 0 Å². The number of aromatic nitrogens is 5. The van der Waals surface area contributed by atoms with Gasteiger partial charge in [0.25, 0.3) is 0 Å². The van der Waals surface area contributed by atoms with Crippen LogP contribution < -0.4 is 11.1 Å². The van der Waals surface area contributed by atoms with Crippen LogP contribution in [-0.2, 0) is 22.6 Å². The Hall–Kier alpha value is -3.35. The number of rotatable bonds is 12. The van der Waals surface area contributed by atoms with E-state index in [1.807, 2.05) is 52.6 Å². The van der Waals surface area contributed by atoms with Crippen molar-refractivity contribution in [2.75, 3.05) is 30.7 Å². The lowest BCUT2D eigenvalue weighted by molar-refractivity contribution is 0.00994. The number of carbonyl (C=O) groups excluding carboxylic acids is 2. The molecule has 0 unspecified atom stereocenters. The van der Waals surface area contributed by atoms with Crippen LogP contribution in [0, 0.1) is 0 Å². The highest BCUT2D eigenvalue weighted by molar-refractivity contribution is 6.29. The molecular weight excluding hydrogens is 574 g/mol. The van der Waals surface area contributed by atoms with E-state index in [-0.39, 0.29) is 29.2 Å². The summed E-state index contributed by atoms with van der Waals surface area (Å²) in [5, 5.41) is 11.7. The second-order valence-corrected chi connectivity index (χ2v) is 13.3. The van der Waals surface area contributed by atoms with Crippen LogP contribution in [0.2, 0.25) is 5.15 Å². The molecule has 1 aliphatic rings. The number of nitrogens with zero attached hydrogens (tertiary/aromatic N) is 7. The van der Waals surface area contributed by atoms with Crippen LogP contribution in [-0.4, -0.2) is 83.8 Å². The van der Waals surface area contributed by atoms with E-state index in [1.165, 1.54) is 12.5 Å². The molecule has 3 N–H and O–H groups in total. The maximum Gasteiger partial charge on any atom is 0.410 e. The SMILES string of the molecule is CC(C)(C)OC(=O)N(CCCN(C(=O)OC(C)(C)C)C1CCCCC1)CCCn1cc(CNc2nc(N)cc(Cl)n2)nn1. The molecule has 13 nitrogen and oxygen atoms in total. The van der Waals surface area contributed by atoms with Gasteiger partial charge in [-0.2, -0.15) is 4.98 Å². The first-order chi connectivity index (χ1) is 20.2. The topological polar surface area (TPSA) is 154 Å². The largest absolute Gasteiger partial charge is 0.444 e. The Morgan fingerprint density at radius 3 is 2.30 bits per heavy atom. The number of ether oxygens (including phenoxy) is 2. The lowest BCUT2D eigenvalue weighted by Gasteiger charge is -2.36. The number of hydrogen-bond acceptors (Lipinski definition) is 10. The molecule has 2 amide bonds. The van der Waals surface area contributed by atoms with E-state index in [1.54, 1.807) is 9.58 Å². The highest BCUT2D eigenvalue weighted by Crippen LogP contribution is 2.25. The third-order valence-corrected chi connectivity index (χ3v) is 6.86. The van der Waals surface area contributed by atoms with E-state index in [4.69, 9.17) is 26.8 Å². The predicted octanol–water partition coefficient (Wildman–Crippen LogP) is 5.50. The van der Waals surface area contributed by atoms with Crippen molar-refractivity contribution in [1.82, 2.24) is 34.8 Å². The Bertz CT molecular complexity index is 1170. The van der Waals surface area contributed by atoms with Gasteiger partial charge in [-0.3, -0.25) is 4.68 Å². The fraction of sp³-hybridized carbons (Fsp3) is 0.724. The number of halogens is 1. The molecule has 0 aliphatic heterocycles. The lowest BCUT2D eigenvalue weighted by atomic mass is 9.94. The molecule has 1 aliphatic carbocycles. The van der Waals surface area contributed by atoms with Crippen molar-refractivity contribution in [2.24, 2.45) is 0 Å². The fourth-order valence-corrected chi connectivity index (χ4v) is 5.02. The van der Waals surface area contributed by atoms with Crippen molar-refractivity contribution >= 4 is 35.6 Å². The summed E-state index contributed by atoms with van der Waals surface area (Å²) < 4.78 is 13.2. The molecular formula is C29H48ClN9O4. The number of carbonyl (C=O) groups is 2. The van der Waals surface area contributed by atoms with Crippen LogP contribution in [0.4, 0.5) is 21.4 Å². The van der Waals surface area contributed by atoms with Crippen molar-refractivity contribution in [3.63, 3.8) is 0 Å². The summed E-state index contributed by atoms with van der Waals surface area (Å²) in [7, 11) is 0. The molecule has 1 saturated carbocycles. The summed E-state index contributed by atoms with van der Waals surface area (Å²) in [4.78, 5) is 38.0.